The summed E-state index contributed by atoms with van der Waals surface area (Å²) in [5.41, 5.74) is 30.5. The van der Waals surface area contributed by atoms with Gasteiger partial charge in [-0.3, -0.25) is 0 Å². The first-order chi connectivity index (χ1) is 61.8. The summed E-state index contributed by atoms with van der Waals surface area (Å²) in [5.74, 6) is 1.29. The van der Waals surface area contributed by atoms with Crippen molar-refractivity contribution in [1.29, 1.82) is 0 Å². The maximum atomic E-state index is 6.87. The number of allylic oxidation sites excluding steroid dienone is 2. The summed E-state index contributed by atoms with van der Waals surface area (Å²) in [5, 5.41) is 16.4. The molecule has 0 saturated heterocycles. The van der Waals surface area contributed by atoms with Gasteiger partial charge in [0.15, 0.2) is 22.8 Å². The zero-order valence-electron chi connectivity index (χ0n) is 67.5. The Labute approximate surface area is 728 Å². The molecule has 0 atom stereocenters. The molecule has 125 heavy (non-hydrogen) atoms. The summed E-state index contributed by atoms with van der Waals surface area (Å²) >= 11 is 3.78. The number of rotatable bonds is 9. The van der Waals surface area contributed by atoms with Crippen LogP contribution >= 0.6 is 15.9 Å². The molecule has 0 unspecified atom stereocenters. The van der Waals surface area contributed by atoms with Crippen molar-refractivity contribution in [3.05, 3.63) is 439 Å². The highest BCUT2D eigenvalue weighted by Gasteiger charge is 2.28. The van der Waals surface area contributed by atoms with Gasteiger partial charge in [-0.15, -0.1) is 0 Å². The van der Waals surface area contributed by atoms with Crippen LogP contribution in [0.2, 0.25) is 0 Å². The Morgan fingerprint density at radius 1 is 0.272 bits per heavy atom. The smallest absolute Gasteiger partial charge is 0.180 e. The molecular formula is C117H71BrN5O2+. The molecule has 0 fully saturated rings. The van der Waals surface area contributed by atoms with E-state index in [1.807, 2.05) is 42.5 Å². The molecule has 0 amide bonds. The first-order valence-electron chi connectivity index (χ1n) is 42.2. The number of nitrogens with zero attached hydrogens (tertiary/aromatic N) is 5. The predicted octanol–water partition coefficient (Wildman–Crippen LogP) is 31.8. The third kappa shape index (κ3) is 12.9. The van der Waals surface area contributed by atoms with Crippen molar-refractivity contribution >= 4 is 148 Å². The molecule has 8 heteroatoms. The van der Waals surface area contributed by atoms with Crippen LogP contribution in [0.5, 0.6) is 0 Å². The van der Waals surface area contributed by atoms with Crippen LogP contribution in [-0.2, 0) is 6.42 Å². The predicted molar refractivity (Wildman–Crippen MR) is 523 cm³/mol. The van der Waals surface area contributed by atoms with Crippen LogP contribution in [0.25, 0.3) is 239 Å². The highest BCUT2D eigenvalue weighted by Crippen LogP contribution is 2.48. The van der Waals surface area contributed by atoms with Crippen molar-refractivity contribution in [1.82, 2.24) is 24.5 Å². The van der Waals surface area contributed by atoms with E-state index >= 15 is 0 Å². The average Bonchev–Trinajstić information content (AvgIpc) is 1.58. The maximum absolute atomic E-state index is 6.87. The van der Waals surface area contributed by atoms with Gasteiger partial charge in [-0.1, -0.05) is 325 Å². The number of hydrogen-bond acceptors (Lipinski definition) is 6. The van der Waals surface area contributed by atoms with Gasteiger partial charge < -0.3 is 13.4 Å². The summed E-state index contributed by atoms with van der Waals surface area (Å²) in [7, 11) is 0. The van der Waals surface area contributed by atoms with Gasteiger partial charge in [0, 0.05) is 65.8 Å². The Hall–Kier alpha value is -16.1. The fourth-order valence-electron chi connectivity index (χ4n) is 18.8. The Morgan fingerprint density at radius 3 is 1.13 bits per heavy atom. The van der Waals surface area contributed by atoms with Gasteiger partial charge in [0.2, 0.25) is 0 Å². The first-order valence-corrected chi connectivity index (χ1v) is 43.0. The average molecular weight is 1660 g/mol. The largest absolute Gasteiger partial charge is 0.452 e. The van der Waals surface area contributed by atoms with Crippen molar-refractivity contribution in [2.24, 2.45) is 0 Å². The van der Waals surface area contributed by atoms with Crippen LogP contribution in [0.15, 0.2) is 420 Å². The van der Waals surface area contributed by atoms with E-state index in [2.05, 4.69) is 403 Å². The monoisotopic (exact) mass is 1660 g/mol. The SMILES string of the molecule is Brc1cc(-c2nc(-c3ccccc3)c3oc4cc(-c5ccccc5)c(-c5ccccc5)cc4c3n2)cc2ccccc12.[C+]1=Cc2cc3c(cc2C=C1)-c1cc2ccccc2cc1C3.c1ccc(-c2cc3oc4c(-c5ccccc5)nc(-c5cc(-n6c7cc8ccccc8cc7c7cc8ccccc8cc76)c6ccccc6c5)nc4c3cc2-c2ccccc2)cc1. The van der Waals surface area contributed by atoms with Gasteiger partial charge in [0.25, 0.3) is 0 Å². The molecular weight excluding hydrogens is 1590 g/mol. The molecule has 7 nitrogen and oxygen atoms in total. The van der Waals surface area contributed by atoms with E-state index < -0.39 is 0 Å². The molecule has 0 radical (unpaired) electrons. The Kier molecular flexibility index (Phi) is 17.6. The lowest BCUT2D eigenvalue weighted by molar-refractivity contribution is 0.667. The molecule has 0 saturated carbocycles. The Bertz CT molecular complexity index is 8460. The van der Waals surface area contributed by atoms with Gasteiger partial charge >= 0.3 is 0 Å². The molecule has 2 aliphatic rings. The second-order valence-corrected chi connectivity index (χ2v) is 33.2. The lowest BCUT2D eigenvalue weighted by atomic mass is 9.93. The highest BCUT2D eigenvalue weighted by atomic mass is 79.9. The molecule has 19 aromatic carbocycles. The summed E-state index contributed by atoms with van der Waals surface area (Å²) in [4.78, 5) is 21.2. The molecule has 24 aromatic rings. The molecule has 0 N–H and O–H groups in total. The summed E-state index contributed by atoms with van der Waals surface area (Å²) in [6.07, 6.45) is 10.4. The Morgan fingerprint density at radius 2 is 0.648 bits per heavy atom. The number of hydrogen-bond donors (Lipinski definition) is 0. The van der Waals surface area contributed by atoms with Crippen molar-refractivity contribution in [2.45, 2.75) is 6.42 Å². The number of halogens is 1. The number of furan rings is 2. The van der Waals surface area contributed by atoms with Crippen molar-refractivity contribution in [2.75, 3.05) is 0 Å². The zero-order valence-corrected chi connectivity index (χ0v) is 69.1. The van der Waals surface area contributed by atoms with Gasteiger partial charge in [0.1, 0.15) is 45.7 Å². The van der Waals surface area contributed by atoms with Gasteiger partial charge in [-0.05, 0) is 207 Å². The highest BCUT2D eigenvalue weighted by molar-refractivity contribution is 9.10. The molecule has 0 aliphatic heterocycles. The minimum atomic E-state index is 0.635. The molecule has 0 spiro atoms. The maximum Gasteiger partial charge on any atom is 0.180 e. The second kappa shape index (κ2) is 30.3. The van der Waals surface area contributed by atoms with Gasteiger partial charge in [0.05, 0.1) is 33.9 Å². The molecule has 0 bridgehead atoms. The van der Waals surface area contributed by atoms with E-state index in [0.717, 1.165) is 160 Å². The number of benzene rings is 19. The lowest BCUT2D eigenvalue weighted by Gasteiger charge is -2.15. The van der Waals surface area contributed by atoms with E-state index in [1.54, 1.807) is 0 Å². The topological polar surface area (TPSA) is 82.8 Å². The molecule has 26 rings (SSSR count). The third-order valence-electron chi connectivity index (χ3n) is 24.8. The van der Waals surface area contributed by atoms with Crippen LogP contribution in [0, 0.1) is 6.08 Å². The van der Waals surface area contributed by atoms with Gasteiger partial charge in [-0.2, -0.15) is 0 Å². The molecule has 582 valence electrons. The number of aromatic nitrogens is 5. The van der Waals surface area contributed by atoms with E-state index in [4.69, 9.17) is 28.8 Å². The quantitative estimate of drug-likeness (QED) is 0.134. The fourth-order valence-corrected chi connectivity index (χ4v) is 19.4. The van der Waals surface area contributed by atoms with E-state index in [9.17, 15) is 0 Å². The van der Waals surface area contributed by atoms with E-state index in [0.29, 0.717) is 22.8 Å². The van der Waals surface area contributed by atoms with Crippen molar-refractivity contribution in [3.63, 3.8) is 0 Å². The van der Waals surface area contributed by atoms with Crippen molar-refractivity contribution < 1.29 is 8.83 Å². The van der Waals surface area contributed by atoms with Crippen LogP contribution in [0.1, 0.15) is 22.3 Å². The second-order valence-electron chi connectivity index (χ2n) is 32.3. The van der Waals surface area contributed by atoms with Crippen LogP contribution in [-0.4, -0.2) is 24.5 Å². The first kappa shape index (κ1) is 72.9. The summed E-state index contributed by atoms with van der Waals surface area (Å²) in [6.45, 7) is 0. The zero-order chi connectivity index (χ0) is 82.6. The third-order valence-corrected chi connectivity index (χ3v) is 25.5. The van der Waals surface area contributed by atoms with E-state index in [1.165, 1.54) is 76.5 Å². The lowest BCUT2D eigenvalue weighted by Crippen LogP contribution is -1.99. The van der Waals surface area contributed by atoms with Crippen LogP contribution in [0.3, 0.4) is 0 Å². The molecule has 2 aliphatic carbocycles. The molecule has 5 heterocycles. The van der Waals surface area contributed by atoms with E-state index in [-0.39, 0.29) is 0 Å². The number of fused-ring (bicyclic) bond motifs is 18. The van der Waals surface area contributed by atoms with Crippen LogP contribution in [0.4, 0.5) is 0 Å². The minimum Gasteiger partial charge on any atom is -0.452 e. The molecule has 5 aromatic heterocycles. The fraction of sp³-hybridized carbons (Fsp3) is 0.00855. The standard InChI is InChI=1S/C58H35N3O.C38H23BrN2O.C21H13/c1-4-16-36(17-5-1)46-34-50-54(35-47(46)37-18-6-2-7-19-37)62-57-55(38-20-8-3-9-21-38)59-58(60-56(50)57)44-28-43-26-14-15-27-45(43)51(33-44)61-52-31-41-24-12-10-22-39(41)29-48(52)49-30-40-23-11-13-25-42(40)32-53(49)61;39-33-21-28(20-27-18-10-11-19-29(27)33)38-40-35(26-16-8-3-9-17-26)37-36(41-38)32-22-30(24-12-4-1-5-13-24)31(23-34(32)42-37)25-14-6-2-7-15-25;1-3-7-16-12-20-18(9-14(16)5-1)11-19-10-15-6-2-4-8-17(15)13-21(19)20/h1-35H;1-23H;1,3-10,12-13H,11H2/q;;+1. The normalized spacial score (nSPS) is 12.0. The van der Waals surface area contributed by atoms with Crippen molar-refractivity contribution in [3.8, 4) is 107 Å². The summed E-state index contributed by atoms with van der Waals surface area (Å²) in [6, 6.07) is 142. The Balaban J connectivity index is 0.000000119. The van der Waals surface area contributed by atoms with Gasteiger partial charge in [-0.25, -0.2) is 19.9 Å². The minimum absolute atomic E-state index is 0.635. The summed E-state index contributed by atoms with van der Waals surface area (Å²) < 4.78 is 17.0. The van der Waals surface area contributed by atoms with Crippen LogP contribution < -0.4 is 0 Å².